The second-order valence-corrected chi connectivity index (χ2v) is 6.81. The van der Waals surface area contributed by atoms with Crippen LogP contribution in [0.5, 0.6) is 0 Å². The van der Waals surface area contributed by atoms with Gasteiger partial charge in [-0.3, -0.25) is 9.82 Å². The fraction of sp³-hybridized carbons (Fsp3) is 0. The number of aromatic amines is 1. The Kier molecular flexibility index (Phi) is 2.84. The van der Waals surface area contributed by atoms with Gasteiger partial charge in [-0.05, 0) is 18.2 Å². The summed E-state index contributed by atoms with van der Waals surface area (Å²) in [5.41, 5.74) is 2.01. The van der Waals surface area contributed by atoms with Crippen LogP contribution in [0.2, 0.25) is 0 Å². The molecule has 110 valence electrons. The van der Waals surface area contributed by atoms with E-state index in [-0.39, 0.29) is 4.90 Å². The third kappa shape index (κ3) is 2.02. The zero-order valence-corrected chi connectivity index (χ0v) is 12.6. The molecule has 0 fully saturated rings. The average molecular weight is 331 g/mol. The Morgan fingerprint density at radius 2 is 1.95 bits per heavy atom. The summed E-state index contributed by atoms with van der Waals surface area (Å²) in [4.78, 5) is 0.107. The zero-order valence-electron chi connectivity index (χ0n) is 11.0. The second-order valence-electron chi connectivity index (χ2n) is 4.63. The van der Waals surface area contributed by atoms with Crippen molar-refractivity contribution >= 4 is 49.4 Å². The number of fused-ring (bicyclic) bond motifs is 2. The summed E-state index contributed by atoms with van der Waals surface area (Å²) >= 11 is 0.985. The minimum Gasteiger partial charge on any atom is -0.277 e. The van der Waals surface area contributed by atoms with Crippen molar-refractivity contribution in [2.45, 2.75) is 4.90 Å². The lowest BCUT2D eigenvalue weighted by atomic mass is 10.2. The number of H-pyrrole nitrogens is 1. The van der Waals surface area contributed by atoms with Crippen molar-refractivity contribution in [1.82, 2.24) is 18.9 Å². The van der Waals surface area contributed by atoms with Crippen molar-refractivity contribution in [3.63, 3.8) is 0 Å². The molecule has 9 heteroatoms. The largest absolute Gasteiger partial charge is 0.277 e. The molecule has 0 saturated carbocycles. The molecular formula is C13H9N5O2S2. The molecule has 2 N–H and O–H groups in total. The first-order chi connectivity index (χ1) is 10.6. The van der Waals surface area contributed by atoms with E-state index in [2.05, 4.69) is 23.7 Å². The highest BCUT2D eigenvalue weighted by Gasteiger charge is 2.20. The van der Waals surface area contributed by atoms with Crippen LogP contribution in [-0.4, -0.2) is 27.4 Å². The topological polar surface area (TPSA) is 101 Å². The molecule has 0 unspecified atom stereocenters. The van der Waals surface area contributed by atoms with Crippen molar-refractivity contribution < 1.29 is 8.42 Å². The van der Waals surface area contributed by atoms with E-state index in [0.717, 1.165) is 17.1 Å². The Hall–Kier alpha value is -2.52. The fourth-order valence-electron chi connectivity index (χ4n) is 2.25. The van der Waals surface area contributed by atoms with E-state index in [0.29, 0.717) is 22.2 Å². The highest BCUT2D eigenvalue weighted by molar-refractivity contribution is 7.93. The van der Waals surface area contributed by atoms with Crippen molar-refractivity contribution in [2.75, 3.05) is 4.72 Å². The van der Waals surface area contributed by atoms with Crippen LogP contribution in [0.3, 0.4) is 0 Å². The normalized spacial score (nSPS) is 12.0. The maximum atomic E-state index is 12.7. The number of aromatic nitrogens is 4. The number of anilines is 1. The second kappa shape index (κ2) is 4.75. The lowest BCUT2D eigenvalue weighted by Crippen LogP contribution is -2.13. The SMILES string of the molecule is O=S(=O)(Nc1cccc2cn[nH]c12)c1cccc2nsnc12. The average Bonchev–Trinajstić information content (AvgIpc) is 3.15. The molecule has 0 aliphatic carbocycles. The molecular weight excluding hydrogens is 322 g/mol. The number of nitrogens with one attached hydrogen (secondary N) is 2. The predicted octanol–water partition coefficient (Wildman–Crippen LogP) is 2.37. The molecule has 0 bridgehead atoms. The van der Waals surface area contributed by atoms with E-state index in [9.17, 15) is 8.42 Å². The number of hydrogen-bond acceptors (Lipinski definition) is 6. The van der Waals surface area contributed by atoms with Crippen LogP contribution < -0.4 is 4.72 Å². The minimum atomic E-state index is -3.77. The van der Waals surface area contributed by atoms with Gasteiger partial charge in [0.1, 0.15) is 15.9 Å². The van der Waals surface area contributed by atoms with Gasteiger partial charge in [0.25, 0.3) is 10.0 Å². The number of para-hydroxylation sites is 1. The van der Waals surface area contributed by atoms with Crippen LogP contribution in [0.1, 0.15) is 0 Å². The molecule has 0 aliphatic heterocycles. The van der Waals surface area contributed by atoms with Crippen LogP contribution in [0, 0.1) is 0 Å². The van der Waals surface area contributed by atoms with E-state index in [1.807, 2.05) is 6.07 Å². The number of benzene rings is 2. The number of sulfonamides is 1. The molecule has 2 aromatic carbocycles. The van der Waals surface area contributed by atoms with Gasteiger partial charge in [-0.25, -0.2) is 8.42 Å². The van der Waals surface area contributed by atoms with Gasteiger partial charge in [0.2, 0.25) is 0 Å². The summed E-state index contributed by atoms with van der Waals surface area (Å²) in [6.45, 7) is 0. The molecule has 4 rings (SSSR count). The highest BCUT2D eigenvalue weighted by atomic mass is 32.2. The van der Waals surface area contributed by atoms with Gasteiger partial charge < -0.3 is 0 Å². The van der Waals surface area contributed by atoms with E-state index in [1.165, 1.54) is 6.07 Å². The molecule has 7 nitrogen and oxygen atoms in total. The summed E-state index contributed by atoms with van der Waals surface area (Å²) in [6, 6.07) is 10.2. The van der Waals surface area contributed by atoms with Crippen molar-refractivity contribution in [2.24, 2.45) is 0 Å². The fourth-order valence-corrected chi connectivity index (χ4v) is 4.09. The quantitative estimate of drug-likeness (QED) is 0.600. The summed E-state index contributed by atoms with van der Waals surface area (Å²) in [6.07, 6.45) is 1.64. The third-order valence-corrected chi connectivity index (χ3v) is 5.20. The van der Waals surface area contributed by atoms with E-state index >= 15 is 0 Å². The Morgan fingerprint density at radius 1 is 1.09 bits per heavy atom. The maximum absolute atomic E-state index is 12.7. The summed E-state index contributed by atoms with van der Waals surface area (Å²) in [5.74, 6) is 0. The lowest BCUT2D eigenvalue weighted by Gasteiger charge is -2.09. The predicted molar refractivity (Wildman–Crippen MR) is 84.3 cm³/mol. The Balaban J connectivity index is 1.85. The molecule has 4 aromatic rings. The minimum absolute atomic E-state index is 0.107. The number of nitrogens with zero attached hydrogens (tertiary/aromatic N) is 3. The monoisotopic (exact) mass is 331 g/mol. The standard InChI is InChI=1S/C13H9N5O2S2/c19-22(20,11-6-2-4-9-13(11)17-21-16-9)18-10-5-1-3-8-7-14-15-12(8)10/h1-7,18H,(H,14,15). The van der Waals surface area contributed by atoms with Gasteiger partial charge >= 0.3 is 0 Å². The molecule has 0 aliphatic rings. The van der Waals surface area contributed by atoms with Crippen LogP contribution in [0.25, 0.3) is 21.9 Å². The van der Waals surface area contributed by atoms with E-state index < -0.39 is 10.0 Å². The molecule has 0 amide bonds. The first-order valence-corrected chi connectivity index (χ1v) is 8.53. The molecule has 22 heavy (non-hydrogen) atoms. The number of rotatable bonds is 3. The van der Waals surface area contributed by atoms with Gasteiger partial charge in [0.15, 0.2) is 0 Å². The Morgan fingerprint density at radius 3 is 2.86 bits per heavy atom. The van der Waals surface area contributed by atoms with E-state index in [4.69, 9.17) is 0 Å². The summed E-state index contributed by atoms with van der Waals surface area (Å²) < 4.78 is 36.1. The molecule has 2 aromatic heterocycles. The molecule has 0 saturated heterocycles. The van der Waals surface area contributed by atoms with Gasteiger partial charge in [-0.2, -0.15) is 13.8 Å². The zero-order chi connectivity index (χ0) is 15.2. The van der Waals surface area contributed by atoms with Crippen LogP contribution in [0.4, 0.5) is 5.69 Å². The maximum Gasteiger partial charge on any atom is 0.264 e. The van der Waals surface area contributed by atoms with Gasteiger partial charge in [0, 0.05) is 5.39 Å². The smallest absolute Gasteiger partial charge is 0.264 e. The molecule has 0 spiro atoms. The first-order valence-electron chi connectivity index (χ1n) is 6.31. The summed E-state index contributed by atoms with van der Waals surface area (Å²) in [5, 5.41) is 7.54. The molecule has 0 radical (unpaired) electrons. The van der Waals surface area contributed by atoms with Crippen LogP contribution in [0.15, 0.2) is 47.5 Å². The number of hydrogen-bond donors (Lipinski definition) is 2. The summed E-state index contributed by atoms with van der Waals surface area (Å²) in [7, 11) is -3.77. The van der Waals surface area contributed by atoms with Crippen LogP contribution in [-0.2, 0) is 10.0 Å². The van der Waals surface area contributed by atoms with Gasteiger partial charge in [-0.15, -0.1) is 0 Å². The van der Waals surface area contributed by atoms with Crippen LogP contribution >= 0.6 is 11.7 Å². The van der Waals surface area contributed by atoms with Crippen molar-refractivity contribution in [1.29, 1.82) is 0 Å². The van der Waals surface area contributed by atoms with Gasteiger partial charge in [-0.1, -0.05) is 18.2 Å². The van der Waals surface area contributed by atoms with E-state index in [1.54, 1.807) is 30.5 Å². The lowest BCUT2D eigenvalue weighted by molar-refractivity contribution is 0.602. The highest BCUT2D eigenvalue weighted by Crippen LogP contribution is 2.26. The Bertz CT molecular complexity index is 1080. The van der Waals surface area contributed by atoms with Gasteiger partial charge in [0.05, 0.1) is 29.1 Å². The van der Waals surface area contributed by atoms with Crippen molar-refractivity contribution in [3.8, 4) is 0 Å². The first kappa shape index (κ1) is 13.2. The molecule has 2 heterocycles. The third-order valence-electron chi connectivity index (χ3n) is 3.26. The molecule has 0 atom stereocenters. The Labute approximate surface area is 129 Å². The van der Waals surface area contributed by atoms with Crippen molar-refractivity contribution in [3.05, 3.63) is 42.6 Å².